The van der Waals surface area contributed by atoms with Gasteiger partial charge in [-0.05, 0) is 18.2 Å². The molecule has 0 atom stereocenters. The SMILES string of the molecule is N#Cc1cc(C(F)(F)F)ccc1O. The van der Waals surface area contributed by atoms with Crippen molar-refractivity contribution in [3.8, 4) is 11.8 Å². The van der Waals surface area contributed by atoms with E-state index < -0.39 is 17.5 Å². The summed E-state index contributed by atoms with van der Waals surface area (Å²) in [5.41, 5.74) is -1.32. The number of halogens is 3. The molecule has 0 saturated carbocycles. The van der Waals surface area contributed by atoms with Crippen LogP contribution < -0.4 is 0 Å². The van der Waals surface area contributed by atoms with Crippen molar-refractivity contribution in [3.63, 3.8) is 0 Å². The van der Waals surface area contributed by atoms with Crippen LogP contribution in [0.15, 0.2) is 18.2 Å². The van der Waals surface area contributed by atoms with E-state index in [9.17, 15) is 13.2 Å². The normalized spacial score (nSPS) is 10.9. The molecule has 0 spiro atoms. The summed E-state index contributed by atoms with van der Waals surface area (Å²) in [6.07, 6.45) is -4.49. The second-order valence-electron chi connectivity index (χ2n) is 2.34. The molecule has 5 heteroatoms. The van der Waals surface area contributed by atoms with E-state index in [4.69, 9.17) is 10.4 Å². The summed E-state index contributed by atoms with van der Waals surface area (Å²) in [7, 11) is 0. The highest BCUT2D eigenvalue weighted by Gasteiger charge is 2.30. The molecule has 1 aromatic rings. The van der Waals surface area contributed by atoms with Gasteiger partial charge >= 0.3 is 6.18 Å². The van der Waals surface area contributed by atoms with Crippen molar-refractivity contribution in [2.75, 3.05) is 0 Å². The third kappa shape index (κ3) is 1.90. The van der Waals surface area contributed by atoms with E-state index in [0.717, 1.165) is 12.1 Å². The molecule has 0 aliphatic rings. The lowest BCUT2D eigenvalue weighted by Gasteiger charge is -2.06. The summed E-state index contributed by atoms with van der Waals surface area (Å²) < 4.78 is 36.1. The zero-order valence-corrected chi connectivity index (χ0v) is 6.26. The Bertz CT molecular complexity index is 365. The van der Waals surface area contributed by atoms with E-state index in [1.807, 2.05) is 0 Å². The molecule has 13 heavy (non-hydrogen) atoms. The Morgan fingerprint density at radius 3 is 2.38 bits per heavy atom. The van der Waals surface area contributed by atoms with Gasteiger partial charge in [-0.1, -0.05) is 0 Å². The molecule has 68 valence electrons. The molecule has 0 heterocycles. The van der Waals surface area contributed by atoms with Crippen molar-refractivity contribution in [3.05, 3.63) is 29.3 Å². The summed E-state index contributed by atoms with van der Waals surface area (Å²) in [6.45, 7) is 0. The quantitative estimate of drug-likeness (QED) is 0.677. The zero-order chi connectivity index (χ0) is 10.1. The van der Waals surface area contributed by atoms with Crippen molar-refractivity contribution >= 4 is 0 Å². The highest BCUT2D eigenvalue weighted by atomic mass is 19.4. The smallest absolute Gasteiger partial charge is 0.416 e. The first-order valence-electron chi connectivity index (χ1n) is 3.25. The van der Waals surface area contributed by atoms with E-state index >= 15 is 0 Å². The van der Waals surface area contributed by atoms with Crippen molar-refractivity contribution in [1.82, 2.24) is 0 Å². The summed E-state index contributed by atoms with van der Waals surface area (Å²) in [5.74, 6) is -0.449. The number of benzene rings is 1. The second-order valence-corrected chi connectivity index (χ2v) is 2.34. The fourth-order valence-electron chi connectivity index (χ4n) is 0.802. The van der Waals surface area contributed by atoms with Crippen LogP contribution in [0.1, 0.15) is 11.1 Å². The number of nitriles is 1. The molecule has 1 N–H and O–H groups in total. The average molecular weight is 187 g/mol. The minimum atomic E-state index is -4.49. The Morgan fingerprint density at radius 1 is 1.31 bits per heavy atom. The van der Waals surface area contributed by atoms with Crippen molar-refractivity contribution < 1.29 is 18.3 Å². The number of rotatable bonds is 0. The standard InChI is InChI=1S/C8H4F3NO/c9-8(10,11)6-1-2-7(13)5(3-6)4-12/h1-3,13H. The van der Waals surface area contributed by atoms with Crippen LogP contribution in [0, 0.1) is 11.3 Å². The summed E-state index contributed by atoms with van der Waals surface area (Å²) in [5, 5.41) is 17.2. The van der Waals surface area contributed by atoms with Crippen LogP contribution in [-0.4, -0.2) is 5.11 Å². The lowest BCUT2D eigenvalue weighted by atomic mass is 10.1. The van der Waals surface area contributed by atoms with E-state index in [-0.39, 0.29) is 5.56 Å². The third-order valence-electron chi connectivity index (χ3n) is 1.44. The predicted molar refractivity (Wildman–Crippen MR) is 37.8 cm³/mol. The van der Waals surface area contributed by atoms with Crippen LogP contribution in [0.5, 0.6) is 5.75 Å². The monoisotopic (exact) mass is 187 g/mol. The second kappa shape index (κ2) is 2.98. The summed E-state index contributed by atoms with van der Waals surface area (Å²) >= 11 is 0. The Hall–Kier alpha value is -1.70. The summed E-state index contributed by atoms with van der Waals surface area (Å²) in [6, 6.07) is 3.63. The Balaban J connectivity index is 3.24. The van der Waals surface area contributed by atoms with Crippen LogP contribution >= 0.6 is 0 Å². The summed E-state index contributed by atoms with van der Waals surface area (Å²) in [4.78, 5) is 0. The van der Waals surface area contributed by atoms with Gasteiger partial charge in [-0.3, -0.25) is 0 Å². The molecule has 1 rings (SSSR count). The van der Waals surface area contributed by atoms with Gasteiger partial charge in [0.2, 0.25) is 0 Å². The minimum absolute atomic E-state index is 0.380. The molecule has 0 fully saturated rings. The largest absolute Gasteiger partial charge is 0.507 e. The lowest BCUT2D eigenvalue weighted by Crippen LogP contribution is -2.04. The van der Waals surface area contributed by atoms with Gasteiger partial charge in [-0.2, -0.15) is 18.4 Å². The number of phenols is 1. The van der Waals surface area contributed by atoms with Gasteiger partial charge in [0.05, 0.1) is 11.1 Å². The van der Waals surface area contributed by atoms with Crippen molar-refractivity contribution in [2.24, 2.45) is 0 Å². The molecule has 1 aromatic carbocycles. The number of phenolic OH excluding ortho intramolecular Hbond substituents is 1. The molecule has 0 aromatic heterocycles. The van der Waals surface area contributed by atoms with Crippen molar-refractivity contribution in [1.29, 1.82) is 5.26 Å². The fraction of sp³-hybridized carbons (Fsp3) is 0.125. The molecule has 0 aliphatic heterocycles. The number of hydrogen-bond acceptors (Lipinski definition) is 2. The van der Waals surface area contributed by atoms with Crippen LogP contribution in [-0.2, 0) is 6.18 Å². The molecule has 0 amide bonds. The Morgan fingerprint density at radius 2 is 1.92 bits per heavy atom. The Kier molecular flexibility index (Phi) is 2.15. The van der Waals surface area contributed by atoms with Crippen LogP contribution in [0.4, 0.5) is 13.2 Å². The predicted octanol–water partition coefficient (Wildman–Crippen LogP) is 2.28. The van der Waals surface area contributed by atoms with Crippen LogP contribution in [0.25, 0.3) is 0 Å². The maximum atomic E-state index is 12.0. The third-order valence-corrected chi connectivity index (χ3v) is 1.44. The van der Waals surface area contributed by atoms with Crippen LogP contribution in [0.2, 0.25) is 0 Å². The number of hydrogen-bond donors (Lipinski definition) is 1. The van der Waals surface area contributed by atoms with Crippen LogP contribution in [0.3, 0.4) is 0 Å². The fourth-order valence-corrected chi connectivity index (χ4v) is 0.802. The lowest BCUT2D eigenvalue weighted by molar-refractivity contribution is -0.137. The molecule has 0 saturated heterocycles. The van der Waals surface area contributed by atoms with Crippen molar-refractivity contribution in [2.45, 2.75) is 6.18 Å². The van der Waals surface area contributed by atoms with E-state index in [2.05, 4.69) is 0 Å². The average Bonchev–Trinajstić information content (AvgIpc) is 2.03. The van der Waals surface area contributed by atoms with Gasteiger partial charge in [-0.15, -0.1) is 0 Å². The Labute approximate surface area is 71.8 Å². The molecule has 0 unspecified atom stereocenters. The van der Waals surface area contributed by atoms with Gasteiger partial charge < -0.3 is 5.11 Å². The number of aromatic hydroxyl groups is 1. The topological polar surface area (TPSA) is 44.0 Å². The van der Waals surface area contributed by atoms with Gasteiger partial charge in [0, 0.05) is 0 Å². The molecule has 0 radical (unpaired) electrons. The minimum Gasteiger partial charge on any atom is -0.507 e. The van der Waals surface area contributed by atoms with E-state index in [1.165, 1.54) is 6.07 Å². The highest BCUT2D eigenvalue weighted by molar-refractivity contribution is 5.45. The zero-order valence-electron chi connectivity index (χ0n) is 6.26. The van der Waals surface area contributed by atoms with Gasteiger partial charge in [-0.25, -0.2) is 0 Å². The maximum absolute atomic E-state index is 12.0. The maximum Gasteiger partial charge on any atom is 0.416 e. The highest BCUT2D eigenvalue weighted by Crippen LogP contribution is 2.31. The van der Waals surface area contributed by atoms with E-state index in [1.54, 1.807) is 0 Å². The molecular formula is C8H4F3NO. The van der Waals surface area contributed by atoms with E-state index in [0.29, 0.717) is 6.07 Å². The van der Waals surface area contributed by atoms with Gasteiger partial charge in [0.25, 0.3) is 0 Å². The molecule has 0 aliphatic carbocycles. The van der Waals surface area contributed by atoms with Gasteiger partial charge in [0.1, 0.15) is 11.8 Å². The molecular weight excluding hydrogens is 183 g/mol. The first-order chi connectivity index (χ1) is 5.95. The first-order valence-corrected chi connectivity index (χ1v) is 3.25. The molecule has 2 nitrogen and oxygen atoms in total. The van der Waals surface area contributed by atoms with Gasteiger partial charge in [0.15, 0.2) is 0 Å². The number of alkyl halides is 3. The molecule has 0 bridgehead atoms. The first kappa shape index (κ1) is 9.39. The number of nitrogens with zero attached hydrogens (tertiary/aromatic N) is 1.